The minimum atomic E-state index is -0.472. The van der Waals surface area contributed by atoms with E-state index in [0.29, 0.717) is 13.0 Å². The SMILES string of the molecule is OC(COc1ccccc1)Cc1cc(Br)cs1. The maximum absolute atomic E-state index is 9.84. The Bertz CT molecular complexity index is 455. The van der Waals surface area contributed by atoms with Crippen LogP contribution in [0.1, 0.15) is 4.88 Å². The van der Waals surface area contributed by atoms with E-state index in [0.717, 1.165) is 15.1 Å². The average molecular weight is 313 g/mol. The van der Waals surface area contributed by atoms with Gasteiger partial charge in [-0.15, -0.1) is 11.3 Å². The van der Waals surface area contributed by atoms with E-state index in [1.807, 2.05) is 41.8 Å². The highest BCUT2D eigenvalue weighted by Gasteiger charge is 2.08. The van der Waals surface area contributed by atoms with E-state index < -0.39 is 6.10 Å². The molecule has 1 unspecified atom stereocenters. The van der Waals surface area contributed by atoms with Crippen molar-refractivity contribution in [3.63, 3.8) is 0 Å². The van der Waals surface area contributed by atoms with Gasteiger partial charge in [0.05, 0.1) is 6.10 Å². The Labute approximate surface area is 113 Å². The van der Waals surface area contributed by atoms with Crippen molar-refractivity contribution in [2.45, 2.75) is 12.5 Å². The molecule has 0 spiro atoms. The number of aliphatic hydroxyl groups is 1. The first kappa shape index (κ1) is 12.6. The van der Waals surface area contributed by atoms with Crippen LogP contribution in [0.2, 0.25) is 0 Å². The van der Waals surface area contributed by atoms with Crippen LogP contribution in [0.3, 0.4) is 0 Å². The first-order valence-corrected chi connectivity index (χ1v) is 7.00. The Balaban J connectivity index is 1.80. The smallest absolute Gasteiger partial charge is 0.119 e. The van der Waals surface area contributed by atoms with Gasteiger partial charge in [0.2, 0.25) is 0 Å². The van der Waals surface area contributed by atoms with Crippen molar-refractivity contribution in [3.8, 4) is 5.75 Å². The molecule has 0 radical (unpaired) electrons. The standard InChI is InChI=1S/C13H13BrO2S/c14-10-6-13(17-9-10)7-11(15)8-16-12-4-2-1-3-5-12/h1-6,9,11,15H,7-8H2. The van der Waals surface area contributed by atoms with E-state index in [2.05, 4.69) is 15.9 Å². The third kappa shape index (κ3) is 4.15. The van der Waals surface area contributed by atoms with Crippen molar-refractivity contribution in [2.75, 3.05) is 6.61 Å². The molecule has 90 valence electrons. The summed E-state index contributed by atoms with van der Waals surface area (Å²) in [4.78, 5) is 1.15. The number of benzene rings is 1. The molecule has 2 rings (SSSR count). The molecule has 1 atom stereocenters. The molecule has 1 aromatic heterocycles. The third-order valence-corrected chi connectivity index (χ3v) is 3.96. The fraction of sp³-hybridized carbons (Fsp3) is 0.231. The Morgan fingerprint density at radius 3 is 2.71 bits per heavy atom. The number of ether oxygens (including phenoxy) is 1. The molecular weight excluding hydrogens is 300 g/mol. The minimum absolute atomic E-state index is 0.319. The minimum Gasteiger partial charge on any atom is -0.491 e. The predicted octanol–water partition coefficient (Wildman–Crippen LogP) is 3.49. The number of aliphatic hydroxyl groups excluding tert-OH is 1. The molecule has 2 nitrogen and oxygen atoms in total. The molecule has 0 bridgehead atoms. The molecule has 0 saturated heterocycles. The Morgan fingerprint density at radius 1 is 1.29 bits per heavy atom. The zero-order valence-corrected chi connectivity index (χ0v) is 11.6. The summed E-state index contributed by atoms with van der Waals surface area (Å²) < 4.78 is 6.55. The number of rotatable bonds is 5. The number of hydrogen-bond donors (Lipinski definition) is 1. The first-order chi connectivity index (χ1) is 8.24. The van der Waals surface area contributed by atoms with Crippen LogP contribution in [0, 0.1) is 0 Å². The van der Waals surface area contributed by atoms with Crippen LogP contribution < -0.4 is 4.74 Å². The van der Waals surface area contributed by atoms with E-state index in [-0.39, 0.29) is 0 Å². The lowest BCUT2D eigenvalue weighted by Crippen LogP contribution is -2.19. The topological polar surface area (TPSA) is 29.5 Å². The molecule has 1 heterocycles. The van der Waals surface area contributed by atoms with Crippen molar-refractivity contribution >= 4 is 27.3 Å². The van der Waals surface area contributed by atoms with Crippen molar-refractivity contribution in [1.82, 2.24) is 0 Å². The molecule has 1 aromatic carbocycles. The van der Waals surface area contributed by atoms with Gasteiger partial charge in [-0.2, -0.15) is 0 Å². The number of para-hydroxylation sites is 1. The zero-order valence-electron chi connectivity index (χ0n) is 9.17. The van der Waals surface area contributed by atoms with Crippen molar-refractivity contribution in [1.29, 1.82) is 0 Å². The fourth-order valence-electron chi connectivity index (χ4n) is 1.46. The molecule has 0 aliphatic rings. The highest BCUT2D eigenvalue weighted by Crippen LogP contribution is 2.21. The van der Waals surface area contributed by atoms with Gasteiger partial charge < -0.3 is 9.84 Å². The number of thiophene rings is 1. The second-order valence-electron chi connectivity index (χ2n) is 3.71. The molecule has 0 aliphatic heterocycles. The van der Waals surface area contributed by atoms with E-state index in [1.165, 1.54) is 0 Å². The van der Waals surface area contributed by atoms with Gasteiger partial charge in [0.15, 0.2) is 0 Å². The third-order valence-electron chi connectivity index (χ3n) is 2.24. The van der Waals surface area contributed by atoms with Crippen LogP contribution in [-0.4, -0.2) is 17.8 Å². The summed E-state index contributed by atoms with van der Waals surface area (Å²) in [6.07, 6.45) is 0.157. The lowest BCUT2D eigenvalue weighted by atomic mass is 10.2. The van der Waals surface area contributed by atoms with Crippen LogP contribution in [0.4, 0.5) is 0 Å². The van der Waals surface area contributed by atoms with Crippen LogP contribution in [0.25, 0.3) is 0 Å². The molecule has 17 heavy (non-hydrogen) atoms. The van der Waals surface area contributed by atoms with Gasteiger partial charge in [-0.1, -0.05) is 18.2 Å². The monoisotopic (exact) mass is 312 g/mol. The first-order valence-electron chi connectivity index (χ1n) is 5.33. The Kier molecular flexibility index (Phi) is 4.59. The van der Waals surface area contributed by atoms with E-state index in [9.17, 15) is 5.11 Å². The summed E-state index contributed by atoms with van der Waals surface area (Å²) in [5.74, 6) is 0.791. The fourth-order valence-corrected chi connectivity index (χ4v) is 2.98. The Hall–Kier alpha value is -0.840. The van der Waals surface area contributed by atoms with Gasteiger partial charge in [-0.3, -0.25) is 0 Å². The van der Waals surface area contributed by atoms with Gasteiger partial charge in [0.1, 0.15) is 12.4 Å². The maximum Gasteiger partial charge on any atom is 0.119 e. The van der Waals surface area contributed by atoms with Crippen molar-refractivity contribution < 1.29 is 9.84 Å². The maximum atomic E-state index is 9.84. The number of hydrogen-bond acceptors (Lipinski definition) is 3. The average Bonchev–Trinajstić information content (AvgIpc) is 2.73. The predicted molar refractivity (Wildman–Crippen MR) is 73.7 cm³/mol. The second-order valence-corrected chi connectivity index (χ2v) is 5.62. The summed E-state index contributed by atoms with van der Waals surface area (Å²) in [5.41, 5.74) is 0. The highest BCUT2D eigenvalue weighted by atomic mass is 79.9. The Morgan fingerprint density at radius 2 is 2.06 bits per heavy atom. The second kappa shape index (κ2) is 6.19. The van der Waals surface area contributed by atoms with Gasteiger partial charge in [-0.05, 0) is 34.1 Å². The normalized spacial score (nSPS) is 12.4. The molecule has 0 fully saturated rings. The lowest BCUT2D eigenvalue weighted by molar-refractivity contribution is 0.108. The van der Waals surface area contributed by atoms with Crippen molar-refractivity contribution in [3.05, 3.63) is 51.1 Å². The molecular formula is C13H13BrO2S. The van der Waals surface area contributed by atoms with Gasteiger partial charge in [0.25, 0.3) is 0 Å². The number of halogens is 1. The van der Waals surface area contributed by atoms with Crippen LogP contribution in [0.15, 0.2) is 46.3 Å². The summed E-state index contributed by atoms with van der Waals surface area (Å²) in [5, 5.41) is 11.9. The summed E-state index contributed by atoms with van der Waals surface area (Å²) >= 11 is 5.03. The molecule has 0 aliphatic carbocycles. The summed E-state index contributed by atoms with van der Waals surface area (Å²) in [6, 6.07) is 11.6. The van der Waals surface area contributed by atoms with Gasteiger partial charge in [0, 0.05) is 21.2 Å². The molecule has 2 aromatic rings. The summed E-state index contributed by atoms with van der Waals surface area (Å²) in [6.45, 7) is 0.319. The molecule has 0 amide bonds. The van der Waals surface area contributed by atoms with Gasteiger partial charge >= 0.3 is 0 Å². The van der Waals surface area contributed by atoms with E-state index in [1.54, 1.807) is 11.3 Å². The van der Waals surface area contributed by atoms with Crippen LogP contribution in [-0.2, 0) is 6.42 Å². The van der Waals surface area contributed by atoms with E-state index >= 15 is 0 Å². The van der Waals surface area contributed by atoms with Crippen molar-refractivity contribution in [2.24, 2.45) is 0 Å². The van der Waals surface area contributed by atoms with Gasteiger partial charge in [-0.25, -0.2) is 0 Å². The summed E-state index contributed by atoms with van der Waals surface area (Å²) in [7, 11) is 0. The lowest BCUT2D eigenvalue weighted by Gasteiger charge is -2.11. The largest absolute Gasteiger partial charge is 0.491 e. The molecule has 4 heteroatoms. The van der Waals surface area contributed by atoms with Crippen LogP contribution >= 0.6 is 27.3 Å². The quantitative estimate of drug-likeness (QED) is 0.915. The zero-order chi connectivity index (χ0) is 12.1. The van der Waals surface area contributed by atoms with E-state index in [4.69, 9.17) is 4.74 Å². The molecule has 1 N–H and O–H groups in total. The molecule has 0 saturated carbocycles. The van der Waals surface area contributed by atoms with Crippen LogP contribution in [0.5, 0.6) is 5.75 Å². The highest BCUT2D eigenvalue weighted by molar-refractivity contribution is 9.10.